The Morgan fingerprint density at radius 3 is 1.60 bits per heavy atom. The zero-order chi connectivity index (χ0) is 45.1. The van der Waals surface area contributed by atoms with E-state index in [1.165, 1.54) is 11.3 Å². The van der Waals surface area contributed by atoms with Crippen molar-refractivity contribution >= 4 is 58.0 Å². The van der Waals surface area contributed by atoms with E-state index < -0.39 is 17.3 Å². The molecule has 21 nitrogen and oxygen atoms in total. The summed E-state index contributed by atoms with van der Waals surface area (Å²) in [7, 11) is 0. The normalized spacial score (nSPS) is 18.8. The van der Waals surface area contributed by atoms with Crippen LogP contribution in [0, 0.1) is 0 Å². The first kappa shape index (κ1) is 41.5. The summed E-state index contributed by atoms with van der Waals surface area (Å²) in [4.78, 5) is 78.6. The van der Waals surface area contributed by atoms with Crippen LogP contribution in [0.1, 0.15) is 70.3 Å². The van der Waals surface area contributed by atoms with Crippen LogP contribution in [0.25, 0.3) is 46.0 Å². The lowest BCUT2D eigenvalue weighted by atomic mass is 10.2. The van der Waals surface area contributed by atoms with Gasteiger partial charge >= 0.3 is 17.3 Å². The Morgan fingerprint density at radius 1 is 0.723 bits per heavy atom. The Morgan fingerprint density at radius 2 is 1.18 bits per heavy atom. The van der Waals surface area contributed by atoms with Crippen LogP contribution < -0.4 is 32.8 Å². The number of hydrogen-bond donors (Lipinski definition) is 7. The molecule has 23 heteroatoms. The molecule has 1 amide bonds. The number of thiophene rings is 2. The van der Waals surface area contributed by atoms with Gasteiger partial charge in [0.1, 0.15) is 16.3 Å². The number of nitrogens with zero attached hydrogens (tertiary/aromatic N) is 9. The summed E-state index contributed by atoms with van der Waals surface area (Å²) in [5.41, 5.74) is 4.43. The second-order valence-corrected chi connectivity index (χ2v) is 17.9. The molecule has 65 heavy (non-hydrogen) atoms. The van der Waals surface area contributed by atoms with Gasteiger partial charge in [0.2, 0.25) is 11.8 Å². The largest absolute Gasteiger partial charge is 0.493 e. The highest BCUT2D eigenvalue weighted by atomic mass is 32.1. The Bertz CT molecular complexity index is 3540. The van der Waals surface area contributed by atoms with Gasteiger partial charge in [0.15, 0.2) is 22.3 Å². The maximum Gasteiger partial charge on any atom is 0.345 e. The number of fused-ring (bicyclic) bond motifs is 2. The Hall–Kier alpha value is -7.50. The summed E-state index contributed by atoms with van der Waals surface area (Å²) in [5.74, 6) is -1.54. The van der Waals surface area contributed by atoms with Crippen molar-refractivity contribution in [2.24, 2.45) is 9.98 Å². The molecule has 2 atom stereocenters. The number of H-pyrrole nitrogens is 4. The number of aromatic hydroxyl groups is 2. The molecule has 9 heterocycles. The van der Waals surface area contributed by atoms with E-state index in [0.29, 0.717) is 67.6 Å². The minimum absolute atomic E-state index is 0.00117. The third-order valence-electron chi connectivity index (χ3n) is 10.7. The van der Waals surface area contributed by atoms with Gasteiger partial charge in [-0.15, -0.1) is 22.7 Å². The monoisotopic (exact) mass is 917 g/mol. The molecule has 0 aromatic carbocycles. The minimum Gasteiger partial charge on any atom is -0.493 e. The van der Waals surface area contributed by atoms with E-state index in [2.05, 4.69) is 40.1 Å². The second-order valence-electron chi connectivity index (χ2n) is 16.0. The number of hydrogen-bond acceptors (Lipinski definition) is 15. The van der Waals surface area contributed by atoms with Crippen LogP contribution in [0.4, 0.5) is 0 Å². The minimum atomic E-state index is -0.990. The average Bonchev–Trinajstić information content (AvgIpc) is 3.79. The summed E-state index contributed by atoms with van der Waals surface area (Å²) in [6.07, 6.45) is 10.4. The zero-order valence-corrected chi connectivity index (χ0v) is 36.2. The molecule has 7 N–H and O–H groups in total. The molecular weight excluding hydrogens is 879 g/mol. The van der Waals surface area contributed by atoms with Gasteiger partial charge in [-0.05, 0) is 63.8 Å². The van der Waals surface area contributed by atoms with Crippen LogP contribution in [0.2, 0.25) is 0 Å². The highest BCUT2D eigenvalue weighted by molar-refractivity contribution is 7.12. The third kappa shape index (κ3) is 8.75. The number of nitrogens with one attached hydrogen (secondary N) is 4. The molecule has 1 aliphatic heterocycles. The quantitative estimate of drug-likeness (QED) is 0.114. The summed E-state index contributed by atoms with van der Waals surface area (Å²) in [6.45, 7) is 5.08. The first-order valence-corrected chi connectivity index (χ1v) is 22.3. The van der Waals surface area contributed by atoms with Crippen LogP contribution in [0.15, 0.2) is 67.0 Å². The van der Waals surface area contributed by atoms with Crippen LogP contribution in [0.3, 0.4) is 0 Å². The number of rotatable bonds is 8. The second kappa shape index (κ2) is 16.6. The molecule has 2 unspecified atom stereocenters. The maximum absolute atomic E-state index is 13.2. The maximum atomic E-state index is 13.2. The van der Waals surface area contributed by atoms with Crippen molar-refractivity contribution in [3.05, 3.63) is 111 Å². The van der Waals surface area contributed by atoms with E-state index in [1.54, 1.807) is 51.1 Å². The van der Waals surface area contributed by atoms with Crippen molar-refractivity contribution in [1.82, 2.24) is 54.0 Å². The fourth-order valence-corrected chi connectivity index (χ4v) is 8.96. The van der Waals surface area contributed by atoms with E-state index in [1.807, 2.05) is 36.3 Å². The van der Waals surface area contributed by atoms with Gasteiger partial charge in [-0.25, -0.2) is 24.4 Å². The molecule has 0 radical (unpaired) electrons. The Labute approximate surface area is 372 Å². The fraction of sp³-hybridized carbons (Fsp3) is 0.286. The lowest BCUT2D eigenvalue weighted by Gasteiger charge is -2.35. The molecule has 332 valence electrons. The number of carboxylic acid groups (broad SMARTS) is 1. The van der Waals surface area contributed by atoms with E-state index in [-0.39, 0.29) is 58.2 Å². The van der Waals surface area contributed by atoms with Gasteiger partial charge < -0.3 is 34.9 Å². The topological polar surface area (TPSA) is 290 Å². The van der Waals surface area contributed by atoms with Crippen LogP contribution in [-0.4, -0.2) is 119 Å². The first-order valence-electron chi connectivity index (χ1n) is 20.6. The number of morpholine rings is 1. The van der Waals surface area contributed by atoms with Crippen molar-refractivity contribution in [3.63, 3.8) is 0 Å². The molecule has 3 fully saturated rings. The van der Waals surface area contributed by atoms with Gasteiger partial charge in [0, 0.05) is 57.5 Å². The first-order chi connectivity index (χ1) is 31.3. The van der Waals surface area contributed by atoms with E-state index in [4.69, 9.17) is 14.7 Å². The van der Waals surface area contributed by atoms with Gasteiger partial charge in [-0.3, -0.25) is 24.7 Å². The summed E-state index contributed by atoms with van der Waals surface area (Å²) in [6, 6.07) is 7.61. The van der Waals surface area contributed by atoms with Crippen molar-refractivity contribution in [2.45, 2.75) is 63.8 Å². The SMILES string of the molecule is CC1CN(C(=O)c2cc(-c3cc(=NC4CC4)n4ncc(=Cc5[nH]c(=O)[nH]c5O)c4n3)cs2)CC(C)O1.O=C(O)c1cc(-c2cc(=NC3CC3)n3ncc(=Cc4[nH]c(=O)[nH]c4O)c3n2)cs1. The number of imidazole rings is 2. The van der Waals surface area contributed by atoms with E-state index >= 15 is 0 Å². The molecule has 2 saturated carbocycles. The van der Waals surface area contributed by atoms with Crippen molar-refractivity contribution in [2.75, 3.05) is 13.1 Å². The highest BCUT2D eigenvalue weighted by Crippen LogP contribution is 2.28. The Kier molecular flexibility index (Phi) is 10.6. The summed E-state index contributed by atoms with van der Waals surface area (Å²) < 4.78 is 9.02. The van der Waals surface area contributed by atoms with Gasteiger partial charge in [-0.2, -0.15) is 19.2 Å². The molecule has 0 bridgehead atoms. The molecule has 11 rings (SSSR count). The molecule has 2 aliphatic carbocycles. The number of carbonyl (C=O) groups is 2. The van der Waals surface area contributed by atoms with E-state index in [0.717, 1.165) is 42.6 Å². The number of carbonyl (C=O) groups excluding carboxylic acids is 1. The standard InChI is InChI=1S/C24H25N7O4S.C18H14N6O4S/c1-12-9-30(10-13(2)35-12)23(33)19-6-15(11-36-19)17-7-20(26-16-3-4-16)31-21(27-17)14(8-25-31)5-18-22(32)29-24(34)28-18;25-16-12(22-18(28)23-16)3-8-6-19-24-14(20-10-1-2-10)5-11(21-15(8)24)9-4-13(17(26)27)29-7-9/h5-8,11-13,16,32H,3-4,9-10H2,1-2H3,(H2,28,29,34);3-7,10,25H,1-2H2,(H,26,27)(H2,22,23,28). The summed E-state index contributed by atoms with van der Waals surface area (Å²) in [5, 5.41) is 42.7. The van der Waals surface area contributed by atoms with Crippen molar-refractivity contribution in [3.8, 4) is 34.3 Å². The molecule has 3 aliphatic rings. The van der Waals surface area contributed by atoms with Gasteiger partial charge in [-0.1, -0.05) is 0 Å². The van der Waals surface area contributed by atoms with Gasteiger partial charge in [0.25, 0.3) is 5.91 Å². The van der Waals surface area contributed by atoms with Crippen LogP contribution in [-0.2, 0) is 4.74 Å². The van der Waals surface area contributed by atoms with Crippen molar-refractivity contribution in [1.29, 1.82) is 0 Å². The number of aromatic nitrogens is 10. The number of carboxylic acids is 1. The van der Waals surface area contributed by atoms with Crippen LogP contribution in [0.5, 0.6) is 11.8 Å². The zero-order valence-electron chi connectivity index (χ0n) is 34.5. The number of ether oxygens (including phenoxy) is 1. The highest BCUT2D eigenvalue weighted by Gasteiger charge is 2.28. The number of aromatic carboxylic acids is 1. The Balaban J connectivity index is 0.000000157. The lowest BCUT2D eigenvalue weighted by Crippen LogP contribution is -2.48. The summed E-state index contributed by atoms with van der Waals surface area (Å²) >= 11 is 2.52. The smallest absolute Gasteiger partial charge is 0.345 e. The predicted molar refractivity (Wildman–Crippen MR) is 236 cm³/mol. The number of aromatic amines is 4. The predicted octanol–water partition coefficient (Wildman–Crippen LogP) is 1.53. The molecule has 8 aromatic rings. The van der Waals surface area contributed by atoms with Crippen molar-refractivity contribution < 1.29 is 29.6 Å². The van der Waals surface area contributed by atoms with Gasteiger partial charge in [0.05, 0.1) is 53.0 Å². The lowest BCUT2D eigenvalue weighted by molar-refractivity contribution is -0.0585. The molecule has 1 saturated heterocycles. The van der Waals surface area contributed by atoms with E-state index in [9.17, 15) is 34.5 Å². The molecule has 8 aromatic heterocycles. The number of amides is 1. The molecular formula is C42H39N13O8S2. The third-order valence-corrected chi connectivity index (χ3v) is 12.5. The molecule has 0 spiro atoms. The fourth-order valence-electron chi connectivity index (χ4n) is 7.35. The van der Waals surface area contributed by atoms with Crippen LogP contribution >= 0.6 is 22.7 Å². The average molecular weight is 918 g/mol.